The van der Waals surface area contributed by atoms with Gasteiger partial charge in [0.25, 0.3) is 0 Å². The maximum absolute atomic E-state index is 3.82. The Morgan fingerprint density at radius 2 is 1.82 bits per heavy atom. The predicted molar refractivity (Wildman–Crippen MR) is 50.5 cm³/mol. The van der Waals surface area contributed by atoms with Crippen molar-refractivity contribution in [3.8, 4) is 0 Å². The fraction of sp³-hybridized carbons (Fsp3) is 0.667. The molecule has 0 saturated carbocycles. The Morgan fingerprint density at radius 3 is 2.09 bits per heavy atom. The van der Waals surface area contributed by atoms with E-state index in [-0.39, 0.29) is 0 Å². The van der Waals surface area contributed by atoms with Gasteiger partial charge in [0.1, 0.15) is 0 Å². The maximum atomic E-state index is 3.82. The molecular weight excluding hydrogens is 136 g/mol. The molecular formula is C9H18N2. The van der Waals surface area contributed by atoms with Crippen LogP contribution in [-0.4, -0.2) is 18.8 Å². The van der Waals surface area contributed by atoms with Crippen LogP contribution in [0, 0.1) is 5.92 Å². The molecule has 0 unspecified atom stereocenters. The molecule has 0 aliphatic carbocycles. The molecule has 0 aromatic carbocycles. The van der Waals surface area contributed by atoms with E-state index in [9.17, 15) is 0 Å². The van der Waals surface area contributed by atoms with E-state index in [1.54, 1.807) is 5.01 Å². The molecule has 0 aliphatic heterocycles. The summed E-state index contributed by atoms with van der Waals surface area (Å²) in [4.78, 5) is 0. The highest BCUT2D eigenvalue weighted by Gasteiger charge is 2.03. The van der Waals surface area contributed by atoms with Gasteiger partial charge in [-0.05, 0) is 25.3 Å². The molecule has 2 nitrogen and oxygen atoms in total. The Hall–Kier alpha value is -0.790. The van der Waals surface area contributed by atoms with Crippen molar-refractivity contribution >= 4 is 6.72 Å². The van der Waals surface area contributed by atoms with E-state index in [2.05, 4.69) is 39.5 Å². The average Bonchev–Trinajstić information content (AvgIpc) is 2.00. The second kappa shape index (κ2) is 4.16. The van der Waals surface area contributed by atoms with Gasteiger partial charge in [-0.1, -0.05) is 13.8 Å². The van der Waals surface area contributed by atoms with Crippen molar-refractivity contribution in [3.63, 3.8) is 0 Å². The van der Waals surface area contributed by atoms with Crippen LogP contribution in [0.5, 0.6) is 0 Å². The lowest BCUT2D eigenvalue weighted by Gasteiger charge is -2.17. The van der Waals surface area contributed by atoms with Gasteiger partial charge in [-0.15, -0.1) is 0 Å². The third kappa shape index (κ3) is 2.74. The van der Waals surface area contributed by atoms with Gasteiger partial charge in [0.15, 0.2) is 0 Å². The van der Waals surface area contributed by atoms with Gasteiger partial charge < -0.3 is 0 Å². The summed E-state index contributed by atoms with van der Waals surface area (Å²) in [6.07, 6.45) is 0. The fourth-order valence-corrected chi connectivity index (χ4v) is 0.779. The van der Waals surface area contributed by atoms with E-state index < -0.39 is 0 Å². The third-order valence-corrected chi connectivity index (χ3v) is 2.13. The lowest BCUT2D eigenvalue weighted by Crippen LogP contribution is -2.10. The third-order valence-electron chi connectivity index (χ3n) is 2.13. The molecule has 0 heterocycles. The van der Waals surface area contributed by atoms with Crippen molar-refractivity contribution in [1.82, 2.24) is 5.01 Å². The average molecular weight is 154 g/mol. The lowest BCUT2D eigenvalue weighted by atomic mass is 10.0. The van der Waals surface area contributed by atoms with Gasteiger partial charge in [-0.3, -0.25) is 5.01 Å². The smallest absolute Gasteiger partial charge is 0.0325 e. The van der Waals surface area contributed by atoms with Crippen LogP contribution in [0.1, 0.15) is 27.7 Å². The van der Waals surface area contributed by atoms with Crippen LogP contribution < -0.4 is 0 Å². The highest BCUT2D eigenvalue weighted by molar-refractivity contribution is 5.24. The van der Waals surface area contributed by atoms with Crippen LogP contribution in [0.2, 0.25) is 0 Å². The molecule has 0 radical (unpaired) electrons. The summed E-state index contributed by atoms with van der Waals surface area (Å²) in [5.41, 5.74) is 2.55. The zero-order valence-electron chi connectivity index (χ0n) is 8.18. The van der Waals surface area contributed by atoms with E-state index in [0.29, 0.717) is 5.92 Å². The van der Waals surface area contributed by atoms with Crippen molar-refractivity contribution in [1.29, 1.82) is 0 Å². The summed E-state index contributed by atoms with van der Waals surface area (Å²) in [5, 5.41) is 5.62. The maximum Gasteiger partial charge on any atom is 0.0325 e. The highest BCUT2D eigenvalue weighted by atomic mass is 15.4. The summed E-state index contributed by atoms with van der Waals surface area (Å²) in [6, 6.07) is 0. The minimum absolute atomic E-state index is 0.583. The van der Waals surface area contributed by atoms with E-state index in [4.69, 9.17) is 0 Å². The molecule has 0 aromatic heterocycles. The lowest BCUT2D eigenvalue weighted by molar-refractivity contribution is 0.438. The summed E-state index contributed by atoms with van der Waals surface area (Å²) in [6.45, 7) is 12.0. The summed E-state index contributed by atoms with van der Waals surface area (Å²) >= 11 is 0. The molecule has 0 rings (SSSR count). The summed E-state index contributed by atoms with van der Waals surface area (Å²) in [5.74, 6) is 0.583. The number of hydrazone groups is 1. The molecule has 0 fully saturated rings. The van der Waals surface area contributed by atoms with Crippen molar-refractivity contribution < 1.29 is 0 Å². The zero-order chi connectivity index (χ0) is 9.02. The number of rotatable bonds is 3. The SMILES string of the molecule is C=NN(C)/C(C)=C(\C)C(C)C. The van der Waals surface area contributed by atoms with Crippen LogP contribution in [0.4, 0.5) is 0 Å². The topological polar surface area (TPSA) is 15.6 Å². The Balaban J connectivity index is 4.51. The van der Waals surface area contributed by atoms with Crippen LogP contribution in [-0.2, 0) is 0 Å². The molecule has 0 N–H and O–H groups in total. The van der Waals surface area contributed by atoms with Gasteiger partial charge in [-0.25, -0.2) is 0 Å². The summed E-state index contributed by atoms with van der Waals surface area (Å²) < 4.78 is 0. The molecule has 0 saturated heterocycles. The molecule has 0 aromatic rings. The highest BCUT2D eigenvalue weighted by Crippen LogP contribution is 2.15. The van der Waals surface area contributed by atoms with E-state index >= 15 is 0 Å². The Bertz CT molecular complexity index is 168. The van der Waals surface area contributed by atoms with Crippen LogP contribution >= 0.6 is 0 Å². The minimum Gasteiger partial charge on any atom is -0.274 e. The van der Waals surface area contributed by atoms with Crippen LogP contribution in [0.25, 0.3) is 0 Å². The molecule has 0 bridgehead atoms. The Labute approximate surface area is 69.6 Å². The predicted octanol–water partition coefficient (Wildman–Crippen LogP) is 2.48. The van der Waals surface area contributed by atoms with E-state index in [1.807, 2.05) is 7.05 Å². The standard InChI is InChI=1S/C9H18N2/c1-7(2)8(3)9(4)11(6)10-5/h7H,5H2,1-4,6H3/b9-8+. The second-order valence-electron chi connectivity index (χ2n) is 3.09. The minimum atomic E-state index is 0.583. The van der Waals surface area contributed by atoms with Crippen molar-refractivity contribution in [2.75, 3.05) is 7.05 Å². The first-order chi connectivity index (χ1) is 5.00. The van der Waals surface area contributed by atoms with Gasteiger partial charge in [0, 0.05) is 19.5 Å². The first-order valence-electron chi connectivity index (χ1n) is 3.88. The molecule has 0 spiro atoms. The largest absolute Gasteiger partial charge is 0.274 e. The second-order valence-corrected chi connectivity index (χ2v) is 3.09. The van der Waals surface area contributed by atoms with Crippen molar-refractivity contribution in [2.24, 2.45) is 11.0 Å². The Kier molecular flexibility index (Phi) is 3.86. The number of nitrogens with zero attached hydrogens (tertiary/aromatic N) is 2. The molecule has 0 atom stereocenters. The molecule has 11 heavy (non-hydrogen) atoms. The van der Waals surface area contributed by atoms with Crippen LogP contribution in [0.15, 0.2) is 16.4 Å². The van der Waals surface area contributed by atoms with Crippen LogP contribution in [0.3, 0.4) is 0 Å². The number of allylic oxidation sites excluding steroid dienone is 2. The quantitative estimate of drug-likeness (QED) is 0.450. The summed E-state index contributed by atoms with van der Waals surface area (Å²) in [7, 11) is 1.91. The van der Waals surface area contributed by atoms with E-state index in [0.717, 1.165) is 0 Å². The molecule has 0 amide bonds. The number of hydrogen-bond acceptors (Lipinski definition) is 2. The van der Waals surface area contributed by atoms with Gasteiger partial charge in [-0.2, -0.15) is 5.10 Å². The normalized spacial score (nSPS) is 12.9. The molecule has 2 heteroatoms. The van der Waals surface area contributed by atoms with E-state index in [1.165, 1.54) is 11.3 Å². The van der Waals surface area contributed by atoms with Gasteiger partial charge >= 0.3 is 0 Å². The first-order valence-corrected chi connectivity index (χ1v) is 3.88. The van der Waals surface area contributed by atoms with Crippen molar-refractivity contribution in [2.45, 2.75) is 27.7 Å². The first kappa shape index (κ1) is 10.2. The van der Waals surface area contributed by atoms with Crippen molar-refractivity contribution in [3.05, 3.63) is 11.3 Å². The van der Waals surface area contributed by atoms with Gasteiger partial charge in [0.2, 0.25) is 0 Å². The molecule has 64 valence electrons. The fourth-order valence-electron chi connectivity index (χ4n) is 0.779. The zero-order valence-corrected chi connectivity index (χ0v) is 8.18. The Morgan fingerprint density at radius 1 is 1.36 bits per heavy atom. The van der Waals surface area contributed by atoms with Gasteiger partial charge in [0.05, 0.1) is 0 Å². The monoisotopic (exact) mass is 154 g/mol. The number of hydrogen-bond donors (Lipinski definition) is 0. The molecule has 0 aliphatic rings.